The first kappa shape index (κ1) is 15.3. The Bertz CT molecular complexity index is 1060. The van der Waals surface area contributed by atoms with Gasteiger partial charge in [-0.05, 0) is 61.2 Å². The summed E-state index contributed by atoms with van der Waals surface area (Å²) in [6.45, 7) is 0. The van der Waals surface area contributed by atoms with E-state index in [0.717, 1.165) is 24.1 Å². The smallest absolute Gasteiger partial charge is 0.335 e. The second-order valence-electron chi connectivity index (χ2n) is 6.03. The molecular formula is C20H15NO4. The molecule has 0 bridgehead atoms. The van der Waals surface area contributed by atoms with E-state index in [1.54, 1.807) is 12.3 Å². The van der Waals surface area contributed by atoms with Crippen LogP contribution in [0.2, 0.25) is 0 Å². The molecule has 5 heteroatoms. The number of pyridine rings is 1. The van der Waals surface area contributed by atoms with Crippen molar-refractivity contribution < 1.29 is 14.3 Å². The Kier molecular flexibility index (Phi) is 3.69. The SMILES string of the molecule is O=C(O)c1ccc2oc3c(c(=O)c2c1)CCC/C3=C/c1ccccn1. The van der Waals surface area contributed by atoms with Crippen LogP contribution in [0.25, 0.3) is 22.6 Å². The maximum absolute atomic E-state index is 12.9. The zero-order valence-electron chi connectivity index (χ0n) is 13.4. The molecule has 0 spiro atoms. The average molecular weight is 333 g/mol. The molecule has 0 radical (unpaired) electrons. The van der Waals surface area contributed by atoms with E-state index in [4.69, 9.17) is 9.52 Å². The van der Waals surface area contributed by atoms with Gasteiger partial charge in [0.2, 0.25) is 0 Å². The number of hydrogen-bond acceptors (Lipinski definition) is 4. The van der Waals surface area contributed by atoms with Gasteiger partial charge in [0.1, 0.15) is 11.3 Å². The molecule has 1 aliphatic rings. The highest BCUT2D eigenvalue weighted by Crippen LogP contribution is 2.32. The molecule has 4 rings (SSSR count). The summed E-state index contributed by atoms with van der Waals surface area (Å²) < 4.78 is 6.00. The fourth-order valence-corrected chi connectivity index (χ4v) is 3.20. The lowest BCUT2D eigenvalue weighted by molar-refractivity contribution is 0.0697. The molecule has 0 saturated carbocycles. The number of nitrogens with zero attached hydrogens (tertiary/aromatic N) is 1. The molecule has 1 aromatic carbocycles. The number of aromatic nitrogens is 1. The largest absolute Gasteiger partial charge is 0.478 e. The highest BCUT2D eigenvalue weighted by atomic mass is 16.4. The van der Waals surface area contributed by atoms with E-state index < -0.39 is 5.97 Å². The number of rotatable bonds is 2. The Labute approximate surface area is 143 Å². The van der Waals surface area contributed by atoms with Crippen molar-refractivity contribution in [2.24, 2.45) is 0 Å². The quantitative estimate of drug-likeness (QED) is 0.772. The lowest BCUT2D eigenvalue weighted by Crippen LogP contribution is -2.16. The lowest BCUT2D eigenvalue weighted by atomic mass is 9.90. The van der Waals surface area contributed by atoms with Crippen molar-refractivity contribution in [3.8, 4) is 0 Å². The van der Waals surface area contributed by atoms with Gasteiger partial charge in [-0.15, -0.1) is 0 Å². The number of carboxylic acids is 1. The predicted molar refractivity (Wildman–Crippen MR) is 94.5 cm³/mol. The highest BCUT2D eigenvalue weighted by molar-refractivity contribution is 5.93. The Hall–Kier alpha value is -3.21. The van der Waals surface area contributed by atoms with Crippen molar-refractivity contribution >= 4 is 28.6 Å². The summed E-state index contributed by atoms with van der Waals surface area (Å²) in [5, 5.41) is 9.45. The minimum Gasteiger partial charge on any atom is -0.478 e. The Morgan fingerprint density at radius 2 is 2.08 bits per heavy atom. The maximum Gasteiger partial charge on any atom is 0.335 e. The summed E-state index contributed by atoms with van der Waals surface area (Å²) in [5.74, 6) is -0.466. The molecule has 0 amide bonds. The van der Waals surface area contributed by atoms with Crippen LogP contribution in [0.15, 0.2) is 51.8 Å². The number of carbonyl (C=O) groups is 1. The number of aromatic carboxylic acids is 1. The molecule has 1 aliphatic carbocycles. The van der Waals surface area contributed by atoms with Gasteiger partial charge in [0.15, 0.2) is 5.43 Å². The van der Waals surface area contributed by atoms with Crippen molar-refractivity contribution in [1.82, 2.24) is 4.98 Å². The van der Waals surface area contributed by atoms with Crippen LogP contribution in [0.3, 0.4) is 0 Å². The molecule has 0 saturated heterocycles. The van der Waals surface area contributed by atoms with E-state index in [-0.39, 0.29) is 11.0 Å². The van der Waals surface area contributed by atoms with Crippen LogP contribution in [0.4, 0.5) is 0 Å². The van der Waals surface area contributed by atoms with Crippen molar-refractivity contribution in [3.63, 3.8) is 0 Å². The molecular weight excluding hydrogens is 318 g/mol. The van der Waals surface area contributed by atoms with Crippen LogP contribution in [0.1, 0.15) is 40.2 Å². The summed E-state index contributed by atoms with van der Waals surface area (Å²) >= 11 is 0. The summed E-state index contributed by atoms with van der Waals surface area (Å²) in [6.07, 6.45) is 5.95. The fourth-order valence-electron chi connectivity index (χ4n) is 3.20. The van der Waals surface area contributed by atoms with Gasteiger partial charge in [-0.25, -0.2) is 4.79 Å². The predicted octanol–water partition coefficient (Wildman–Crippen LogP) is 3.76. The van der Waals surface area contributed by atoms with E-state index in [2.05, 4.69) is 4.98 Å². The fraction of sp³-hybridized carbons (Fsp3) is 0.150. The number of fused-ring (bicyclic) bond motifs is 2. The van der Waals surface area contributed by atoms with Gasteiger partial charge in [0.05, 0.1) is 16.6 Å². The first-order valence-electron chi connectivity index (χ1n) is 8.08. The summed E-state index contributed by atoms with van der Waals surface area (Å²) in [4.78, 5) is 28.3. The van der Waals surface area contributed by atoms with E-state index in [9.17, 15) is 9.59 Å². The van der Waals surface area contributed by atoms with Crippen LogP contribution in [0.5, 0.6) is 0 Å². The van der Waals surface area contributed by atoms with Gasteiger partial charge in [-0.3, -0.25) is 9.78 Å². The molecule has 2 heterocycles. The normalized spacial score (nSPS) is 15.3. The average Bonchev–Trinajstić information content (AvgIpc) is 2.63. The zero-order valence-corrected chi connectivity index (χ0v) is 13.4. The standard InChI is InChI=1S/C20H15NO4/c22-18-15-6-3-4-12(10-14-5-1-2-9-21-14)19(15)25-17-8-7-13(20(23)24)11-16(17)18/h1-2,5,7-11H,3-4,6H2,(H,23,24)/b12-10-. The van der Waals surface area contributed by atoms with Crippen molar-refractivity contribution in [2.45, 2.75) is 19.3 Å². The van der Waals surface area contributed by atoms with Crippen molar-refractivity contribution in [1.29, 1.82) is 0 Å². The van der Waals surface area contributed by atoms with Gasteiger partial charge >= 0.3 is 5.97 Å². The lowest BCUT2D eigenvalue weighted by Gasteiger charge is -2.18. The molecule has 124 valence electrons. The summed E-state index contributed by atoms with van der Waals surface area (Å²) in [5.41, 5.74) is 2.72. The number of hydrogen-bond donors (Lipinski definition) is 1. The van der Waals surface area contributed by atoms with Crippen LogP contribution < -0.4 is 5.43 Å². The van der Waals surface area contributed by atoms with E-state index in [0.29, 0.717) is 28.7 Å². The molecule has 1 N–H and O–H groups in total. The van der Waals surface area contributed by atoms with E-state index in [1.807, 2.05) is 24.3 Å². The summed E-state index contributed by atoms with van der Waals surface area (Å²) in [6, 6.07) is 10.1. The van der Waals surface area contributed by atoms with Crippen molar-refractivity contribution in [3.05, 3.63) is 75.4 Å². The van der Waals surface area contributed by atoms with Crippen LogP contribution in [0, 0.1) is 0 Å². The highest BCUT2D eigenvalue weighted by Gasteiger charge is 2.22. The molecule has 2 aromatic heterocycles. The Morgan fingerprint density at radius 1 is 1.20 bits per heavy atom. The summed E-state index contributed by atoms with van der Waals surface area (Å²) in [7, 11) is 0. The van der Waals surface area contributed by atoms with Gasteiger partial charge in [0, 0.05) is 11.8 Å². The van der Waals surface area contributed by atoms with Gasteiger partial charge < -0.3 is 9.52 Å². The molecule has 0 fully saturated rings. The molecule has 0 atom stereocenters. The number of benzene rings is 1. The Balaban J connectivity index is 1.92. The third kappa shape index (κ3) is 2.74. The van der Waals surface area contributed by atoms with Gasteiger partial charge in [-0.1, -0.05) is 6.07 Å². The monoisotopic (exact) mass is 333 g/mol. The topological polar surface area (TPSA) is 80.4 Å². The van der Waals surface area contributed by atoms with Gasteiger partial charge in [0.25, 0.3) is 0 Å². The van der Waals surface area contributed by atoms with E-state index >= 15 is 0 Å². The molecule has 25 heavy (non-hydrogen) atoms. The molecule has 5 nitrogen and oxygen atoms in total. The van der Waals surface area contributed by atoms with Crippen molar-refractivity contribution in [2.75, 3.05) is 0 Å². The maximum atomic E-state index is 12.9. The first-order chi connectivity index (χ1) is 12.1. The first-order valence-corrected chi connectivity index (χ1v) is 8.08. The second kappa shape index (κ2) is 6.02. The number of carboxylic acid groups (broad SMARTS) is 1. The van der Waals surface area contributed by atoms with E-state index in [1.165, 1.54) is 12.1 Å². The van der Waals surface area contributed by atoms with Crippen LogP contribution in [-0.4, -0.2) is 16.1 Å². The van der Waals surface area contributed by atoms with Crippen LogP contribution >= 0.6 is 0 Å². The van der Waals surface area contributed by atoms with Crippen LogP contribution in [-0.2, 0) is 6.42 Å². The third-order valence-corrected chi connectivity index (χ3v) is 4.41. The third-order valence-electron chi connectivity index (χ3n) is 4.41. The number of allylic oxidation sites excluding steroid dienone is 1. The minimum absolute atomic E-state index is 0.0832. The van der Waals surface area contributed by atoms with Gasteiger partial charge in [-0.2, -0.15) is 0 Å². The second-order valence-corrected chi connectivity index (χ2v) is 6.03. The zero-order chi connectivity index (χ0) is 17.4. The Morgan fingerprint density at radius 3 is 2.84 bits per heavy atom. The molecule has 0 unspecified atom stereocenters. The molecule has 0 aliphatic heterocycles. The minimum atomic E-state index is -1.06. The molecule has 3 aromatic rings.